The summed E-state index contributed by atoms with van der Waals surface area (Å²) in [7, 11) is 0. The number of amidine groups is 1. The number of anilines is 1. The summed E-state index contributed by atoms with van der Waals surface area (Å²) in [6, 6.07) is 11.3. The molecule has 0 spiro atoms. The first kappa shape index (κ1) is 36.7. The molecule has 0 bridgehead atoms. The number of likely N-dealkylation sites (tertiary alicyclic amines) is 1. The highest BCUT2D eigenvalue weighted by atomic mass is 19.3. The zero-order valence-electron chi connectivity index (χ0n) is 31.5. The van der Waals surface area contributed by atoms with Gasteiger partial charge in [-0.1, -0.05) is 18.2 Å². The SMILES string of the molecule is C[C@@H]1Cc2c([nH]c3ccccc23)[C@@H](c2c(F)cc(N3CC(C(=O)N4CC(N5Cc6cc7c(cc6C5)C(=O)N(C5CCC(=O)NC5=O)C7=N)C4)C3)cc2F)N1CC(F)F. The van der Waals surface area contributed by atoms with E-state index in [1.165, 1.54) is 21.9 Å². The van der Waals surface area contributed by atoms with Gasteiger partial charge in [0.05, 0.1) is 24.1 Å². The van der Waals surface area contributed by atoms with Gasteiger partial charge in [0.2, 0.25) is 17.7 Å². The topological polar surface area (TPSA) is 136 Å². The van der Waals surface area contributed by atoms with Gasteiger partial charge in [0.1, 0.15) is 23.5 Å². The summed E-state index contributed by atoms with van der Waals surface area (Å²) >= 11 is 0. The van der Waals surface area contributed by atoms with E-state index in [0.29, 0.717) is 68.2 Å². The first-order chi connectivity index (χ1) is 27.8. The van der Waals surface area contributed by atoms with E-state index in [1.807, 2.05) is 30.3 Å². The molecule has 3 fully saturated rings. The number of hydrogen-bond acceptors (Lipinski definition) is 8. The molecule has 3 aromatic carbocycles. The van der Waals surface area contributed by atoms with Crippen molar-refractivity contribution in [2.45, 2.75) is 69.9 Å². The van der Waals surface area contributed by atoms with Crippen LogP contribution in [0.1, 0.15) is 69.7 Å². The van der Waals surface area contributed by atoms with Crippen molar-refractivity contribution in [1.29, 1.82) is 5.41 Å². The lowest BCUT2D eigenvalue weighted by Gasteiger charge is -2.48. The Bertz CT molecular complexity index is 2390. The number of amides is 4. The van der Waals surface area contributed by atoms with Crippen LogP contribution in [0.4, 0.5) is 23.2 Å². The number of nitrogens with zero attached hydrogens (tertiary/aromatic N) is 5. The average Bonchev–Trinajstić information content (AvgIpc) is 3.78. The van der Waals surface area contributed by atoms with Crippen molar-refractivity contribution in [3.63, 3.8) is 0 Å². The lowest BCUT2D eigenvalue weighted by Crippen LogP contribution is -2.64. The Morgan fingerprint density at radius 2 is 1.64 bits per heavy atom. The fourth-order valence-corrected chi connectivity index (χ4v) is 9.94. The number of nitrogens with one attached hydrogen (secondary N) is 3. The summed E-state index contributed by atoms with van der Waals surface area (Å²) in [4.78, 5) is 62.7. The minimum atomic E-state index is -2.70. The molecule has 4 aromatic rings. The van der Waals surface area contributed by atoms with Gasteiger partial charge < -0.3 is 14.8 Å². The Morgan fingerprint density at radius 1 is 0.948 bits per heavy atom. The Balaban J connectivity index is 0.776. The molecule has 16 heteroatoms. The van der Waals surface area contributed by atoms with Crippen LogP contribution in [0, 0.1) is 23.0 Å². The van der Waals surface area contributed by atoms with Gasteiger partial charge >= 0.3 is 0 Å². The molecular formula is C42H40F4N8O4. The average molecular weight is 797 g/mol. The number of alkyl halides is 2. The van der Waals surface area contributed by atoms with Crippen LogP contribution in [0.15, 0.2) is 48.5 Å². The Kier molecular flexibility index (Phi) is 8.53. The first-order valence-electron chi connectivity index (χ1n) is 19.7. The van der Waals surface area contributed by atoms with Crippen LogP contribution in [0.25, 0.3) is 10.9 Å². The highest BCUT2D eigenvalue weighted by Gasteiger charge is 2.46. The van der Waals surface area contributed by atoms with Crippen molar-refractivity contribution >= 4 is 46.1 Å². The highest BCUT2D eigenvalue weighted by Crippen LogP contribution is 2.44. The molecule has 6 aliphatic rings. The van der Waals surface area contributed by atoms with Crippen molar-refractivity contribution in [3.05, 3.63) is 99.2 Å². The number of H-pyrrole nitrogens is 1. The Hall–Kier alpha value is -5.61. The smallest absolute Gasteiger partial charge is 0.260 e. The zero-order chi connectivity index (χ0) is 40.3. The fourth-order valence-electron chi connectivity index (χ4n) is 9.94. The Morgan fingerprint density at radius 3 is 2.33 bits per heavy atom. The van der Waals surface area contributed by atoms with Crippen molar-refractivity contribution in [1.82, 2.24) is 29.9 Å². The fraction of sp³-hybridized carbons (Fsp3) is 0.405. The van der Waals surface area contributed by atoms with Gasteiger partial charge in [-0.3, -0.25) is 44.6 Å². The molecule has 0 radical (unpaired) electrons. The minimum absolute atomic E-state index is 0.0292. The number of piperidine rings is 1. The third kappa shape index (κ3) is 5.74. The van der Waals surface area contributed by atoms with E-state index in [2.05, 4.69) is 15.2 Å². The van der Waals surface area contributed by atoms with E-state index in [4.69, 9.17) is 5.41 Å². The summed E-state index contributed by atoms with van der Waals surface area (Å²) in [5, 5.41) is 11.9. The van der Waals surface area contributed by atoms with Crippen LogP contribution >= 0.6 is 0 Å². The van der Waals surface area contributed by atoms with Crippen molar-refractivity contribution in [2.75, 3.05) is 37.6 Å². The second-order valence-electron chi connectivity index (χ2n) is 16.5. The van der Waals surface area contributed by atoms with Crippen LogP contribution in [0.5, 0.6) is 0 Å². The quantitative estimate of drug-likeness (QED) is 0.188. The van der Waals surface area contributed by atoms with Gasteiger partial charge in [0.15, 0.2) is 0 Å². The van der Waals surface area contributed by atoms with Gasteiger partial charge in [0.25, 0.3) is 12.3 Å². The van der Waals surface area contributed by atoms with Gasteiger partial charge in [0, 0.05) is 91.2 Å². The van der Waals surface area contributed by atoms with Crippen molar-refractivity contribution in [2.24, 2.45) is 5.92 Å². The standard InChI is InChI=1S/C42H40F4N8O4/c1-20-8-27-26-4-2-3-5-32(26)48-37(27)38(53(20)19-34(45)46)36-30(43)11-24(12-31(36)44)50-15-23(16-50)41(57)52-17-25(18-52)51-13-21-9-28-29(10-22(21)14-51)42(58)54(39(28)47)33-6-7-35(55)49-40(33)56/h2-5,9-12,20,23,25,33-34,38,47-48H,6-8,13-19H2,1H3,(H,49,55,56)/t20-,33?,38-/m1/s1. The molecule has 1 aromatic heterocycles. The van der Waals surface area contributed by atoms with Crippen LogP contribution in [-0.4, -0.2) is 111 Å². The van der Waals surface area contributed by atoms with Crippen LogP contribution in [-0.2, 0) is 33.9 Å². The van der Waals surface area contributed by atoms with Crippen molar-refractivity contribution in [3.8, 4) is 0 Å². The molecule has 0 aliphatic carbocycles. The van der Waals surface area contributed by atoms with E-state index in [9.17, 15) is 28.0 Å². The largest absolute Gasteiger partial charge is 0.370 e. The number of hydrogen-bond donors (Lipinski definition) is 3. The Labute approximate surface area is 330 Å². The molecule has 58 heavy (non-hydrogen) atoms. The summed E-state index contributed by atoms with van der Waals surface area (Å²) in [5.74, 6) is -3.47. The van der Waals surface area contributed by atoms with E-state index >= 15 is 8.78 Å². The molecule has 12 nitrogen and oxygen atoms in total. The number of carbonyl (C=O) groups excluding carboxylic acids is 4. The van der Waals surface area contributed by atoms with E-state index in [0.717, 1.165) is 27.6 Å². The van der Waals surface area contributed by atoms with E-state index in [1.54, 1.807) is 22.8 Å². The molecule has 7 heterocycles. The maximum absolute atomic E-state index is 16.1. The van der Waals surface area contributed by atoms with Crippen LogP contribution < -0.4 is 10.2 Å². The summed E-state index contributed by atoms with van der Waals surface area (Å²) in [6.07, 6.45) is -1.97. The monoisotopic (exact) mass is 796 g/mol. The second-order valence-corrected chi connectivity index (χ2v) is 16.5. The number of aromatic nitrogens is 1. The molecule has 0 saturated carbocycles. The first-order valence-corrected chi connectivity index (χ1v) is 19.7. The molecule has 6 aliphatic heterocycles. The second kappa shape index (κ2) is 13.5. The van der Waals surface area contributed by atoms with Crippen molar-refractivity contribution < 1.29 is 36.7 Å². The molecule has 4 amide bonds. The highest BCUT2D eigenvalue weighted by molar-refractivity contribution is 6.24. The normalized spacial score (nSPS) is 24.0. The number of fused-ring (bicyclic) bond motifs is 5. The maximum Gasteiger partial charge on any atom is 0.260 e. The van der Waals surface area contributed by atoms with E-state index in [-0.39, 0.29) is 42.1 Å². The number of halogens is 4. The summed E-state index contributed by atoms with van der Waals surface area (Å²) in [5.41, 5.74) is 4.94. The zero-order valence-corrected chi connectivity index (χ0v) is 31.5. The molecule has 3 atom stereocenters. The number of para-hydroxylation sites is 1. The number of imide groups is 1. The lowest BCUT2D eigenvalue weighted by atomic mass is 9.87. The van der Waals surface area contributed by atoms with Gasteiger partial charge in [-0.2, -0.15) is 0 Å². The molecule has 300 valence electrons. The molecule has 3 N–H and O–H groups in total. The van der Waals surface area contributed by atoms with Crippen LogP contribution in [0.3, 0.4) is 0 Å². The predicted molar refractivity (Wildman–Crippen MR) is 203 cm³/mol. The summed E-state index contributed by atoms with van der Waals surface area (Å²) < 4.78 is 60.0. The molecule has 1 unspecified atom stereocenters. The van der Waals surface area contributed by atoms with E-state index < -0.39 is 60.5 Å². The predicted octanol–water partition coefficient (Wildman–Crippen LogP) is 4.30. The minimum Gasteiger partial charge on any atom is -0.370 e. The number of rotatable bonds is 7. The van der Waals surface area contributed by atoms with Gasteiger partial charge in [-0.05, 0) is 66.8 Å². The number of carbonyl (C=O) groups is 4. The number of benzene rings is 3. The van der Waals surface area contributed by atoms with Gasteiger partial charge in [-0.25, -0.2) is 17.6 Å². The number of aromatic amines is 1. The lowest BCUT2D eigenvalue weighted by molar-refractivity contribution is -0.144. The third-order valence-corrected chi connectivity index (χ3v) is 13.0. The summed E-state index contributed by atoms with van der Waals surface area (Å²) in [6.45, 7) is 3.93. The maximum atomic E-state index is 16.1. The van der Waals surface area contributed by atoms with Gasteiger partial charge in [-0.15, -0.1) is 0 Å². The molecular weight excluding hydrogens is 757 g/mol. The third-order valence-electron chi connectivity index (χ3n) is 13.0. The van der Waals surface area contributed by atoms with Crippen LogP contribution in [0.2, 0.25) is 0 Å². The molecule has 3 saturated heterocycles. The molecule has 10 rings (SSSR count).